The summed E-state index contributed by atoms with van der Waals surface area (Å²) in [5, 5.41) is 11.3. The molecule has 1 N–H and O–H groups in total. The second kappa shape index (κ2) is 8.68. The quantitative estimate of drug-likeness (QED) is 0.203. The molecule has 0 saturated carbocycles. The van der Waals surface area contributed by atoms with Crippen molar-refractivity contribution >= 4 is 39.9 Å². The van der Waals surface area contributed by atoms with Gasteiger partial charge in [-0.3, -0.25) is 14.9 Å². The summed E-state index contributed by atoms with van der Waals surface area (Å²) in [7, 11) is 0. The van der Waals surface area contributed by atoms with Gasteiger partial charge in [-0.05, 0) is 53.8 Å². The minimum atomic E-state index is -0.225. The Kier molecular flexibility index (Phi) is 5.59. The molecule has 0 aliphatic heterocycles. The van der Waals surface area contributed by atoms with E-state index in [1.807, 2.05) is 55.5 Å². The summed E-state index contributed by atoms with van der Waals surface area (Å²) in [5.41, 5.74) is 7.26. The second-order valence-electron chi connectivity index (χ2n) is 7.61. The van der Waals surface area contributed by atoms with Gasteiger partial charge in [0, 0.05) is 11.1 Å². The molecule has 158 valence electrons. The third kappa shape index (κ3) is 4.22. The Morgan fingerprint density at radius 3 is 2.66 bits per heavy atom. The van der Waals surface area contributed by atoms with Crippen LogP contribution >= 0.6 is 23.1 Å². The van der Waals surface area contributed by atoms with E-state index >= 15 is 0 Å². The number of anilines is 1. The standard InChI is InChI=1S/C25H19N3O2S2/c1-15-5-4-7-18(11-15)23(30)26-24-27-28-25(32-24)31-14-22(29)17-9-10-21-19(13-17)12-16-6-2-3-8-20(16)21/h2-11,13H,12,14H2,1H3,(H,26,27,30). The van der Waals surface area contributed by atoms with Gasteiger partial charge in [0.05, 0.1) is 5.75 Å². The number of hydrogen-bond acceptors (Lipinski definition) is 6. The molecule has 0 bridgehead atoms. The molecule has 1 heterocycles. The van der Waals surface area contributed by atoms with Gasteiger partial charge < -0.3 is 0 Å². The number of rotatable bonds is 6. The molecule has 1 aliphatic carbocycles. The lowest BCUT2D eigenvalue weighted by atomic mass is 10.0. The van der Waals surface area contributed by atoms with Crippen LogP contribution in [0.25, 0.3) is 11.1 Å². The molecule has 5 rings (SSSR count). The molecule has 0 fully saturated rings. The Labute approximate surface area is 193 Å². The Balaban J connectivity index is 1.21. The van der Waals surface area contributed by atoms with Crippen molar-refractivity contribution in [2.75, 3.05) is 11.1 Å². The highest BCUT2D eigenvalue weighted by Gasteiger charge is 2.20. The lowest BCUT2D eigenvalue weighted by Crippen LogP contribution is -2.11. The van der Waals surface area contributed by atoms with Crippen LogP contribution in [0.3, 0.4) is 0 Å². The maximum atomic E-state index is 12.8. The van der Waals surface area contributed by atoms with Gasteiger partial charge in [-0.15, -0.1) is 10.2 Å². The zero-order valence-electron chi connectivity index (χ0n) is 17.3. The molecule has 32 heavy (non-hydrogen) atoms. The SMILES string of the molecule is Cc1cccc(C(=O)Nc2nnc(SCC(=O)c3ccc4c(c3)Cc3ccccc3-4)s2)c1. The van der Waals surface area contributed by atoms with E-state index in [0.717, 1.165) is 12.0 Å². The van der Waals surface area contributed by atoms with Crippen molar-refractivity contribution in [1.82, 2.24) is 10.2 Å². The van der Waals surface area contributed by atoms with E-state index in [0.29, 0.717) is 20.6 Å². The van der Waals surface area contributed by atoms with E-state index in [4.69, 9.17) is 0 Å². The second-order valence-corrected chi connectivity index (χ2v) is 9.81. The first kappa shape index (κ1) is 20.6. The predicted octanol–water partition coefficient (Wildman–Crippen LogP) is 5.65. The normalized spacial score (nSPS) is 11.7. The maximum Gasteiger partial charge on any atom is 0.257 e. The van der Waals surface area contributed by atoms with E-state index < -0.39 is 0 Å². The molecule has 5 nitrogen and oxygen atoms in total. The van der Waals surface area contributed by atoms with E-state index in [1.54, 1.807) is 6.07 Å². The molecule has 7 heteroatoms. The van der Waals surface area contributed by atoms with Crippen LogP contribution in [0.5, 0.6) is 0 Å². The summed E-state index contributed by atoms with van der Waals surface area (Å²) in [6, 6.07) is 21.7. The fourth-order valence-corrected chi connectivity index (χ4v) is 5.44. The number of hydrogen-bond donors (Lipinski definition) is 1. The van der Waals surface area contributed by atoms with Crippen LogP contribution < -0.4 is 5.32 Å². The Morgan fingerprint density at radius 2 is 1.78 bits per heavy atom. The molecule has 1 amide bonds. The van der Waals surface area contributed by atoms with Crippen molar-refractivity contribution in [3.05, 3.63) is 94.5 Å². The monoisotopic (exact) mass is 457 g/mol. The summed E-state index contributed by atoms with van der Waals surface area (Å²) >= 11 is 2.60. The number of amides is 1. The van der Waals surface area contributed by atoms with Crippen LogP contribution in [-0.2, 0) is 6.42 Å². The number of aryl methyl sites for hydroxylation is 1. The highest BCUT2D eigenvalue weighted by atomic mass is 32.2. The van der Waals surface area contributed by atoms with Gasteiger partial charge in [0.1, 0.15) is 0 Å². The van der Waals surface area contributed by atoms with Crippen molar-refractivity contribution in [3.63, 3.8) is 0 Å². The third-order valence-corrected chi connectivity index (χ3v) is 7.32. The number of aromatic nitrogens is 2. The van der Waals surface area contributed by atoms with Crippen LogP contribution in [0.2, 0.25) is 0 Å². The van der Waals surface area contributed by atoms with Gasteiger partial charge in [-0.1, -0.05) is 77.2 Å². The zero-order chi connectivity index (χ0) is 22.1. The van der Waals surface area contributed by atoms with Gasteiger partial charge in [0.25, 0.3) is 5.91 Å². The number of carbonyl (C=O) groups is 2. The Bertz CT molecular complexity index is 1350. The smallest absolute Gasteiger partial charge is 0.257 e. The average Bonchev–Trinajstić information content (AvgIpc) is 3.40. The number of Topliss-reactive ketones (excluding diaryl/α,β-unsaturated/α-hetero) is 1. The molecular formula is C25H19N3O2S2. The number of nitrogens with one attached hydrogen (secondary N) is 1. The van der Waals surface area contributed by atoms with E-state index in [-0.39, 0.29) is 17.4 Å². The van der Waals surface area contributed by atoms with Gasteiger partial charge in [0.2, 0.25) is 5.13 Å². The van der Waals surface area contributed by atoms with Crippen LogP contribution in [-0.4, -0.2) is 27.6 Å². The summed E-state index contributed by atoms with van der Waals surface area (Å²) in [4.78, 5) is 25.1. The minimum absolute atomic E-state index is 0.0503. The molecule has 0 spiro atoms. The first-order valence-corrected chi connectivity index (χ1v) is 12.0. The number of thioether (sulfide) groups is 1. The van der Waals surface area contributed by atoms with Crippen molar-refractivity contribution in [1.29, 1.82) is 0 Å². The molecule has 0 radical (unpaired) electrons. The average molecular weight is 458 g/mol. The lowest BCUT2D eigenvalue weighted by Gasteiger charge is -2.04. The van der Waals surface area contributed by atoms with E-state index in [1.165, 1.54) is 45.4 Å². The molecule has 1 aliphatic rings. The number of fused-ring (bicyclic) bond motifs is 3. The van der Waals surface area contributed by atoms with Crippen molar-refractivity contribution < 1.29 is 9.59 Å². The first-order chi connectivity index (χ1) is 15.6. The van der Waals surface area contributed by atoms with Crippen LogP contribution in [0.15, 0.2) is 71.1 Å². The third-order valence-electron chi connectivity index (χ3n) is 5.35. The van der Waals surface area contributed by atoms with E-state index in [9.17, 15) is 9.59 Å². The van der Waals surface area contributed by atoms with Gasteiger partial charge in [0.15, 0.2) is 10.1 Å². The first-order valence-electron chi connectivity index (χ1n) is 10.2. The lowest BCUT2D eigenvalue weighted by molar-refractivity contribution is 0.101. The van der Waals surface area contributed by atoms with Crippen molar-refractivity contribution in [2.45, 2.75) is 17.7 Å². The molecule has 3 aromatic carbocycles. The summed E-state index contributed by atoms with van der Waals surface area (Å²) in [5.74, 6) is 0.0950. The van der Waals surface area contributed by atoms with E-state index in [2.05, 4.69) is 27.6 Å². The number of carbonyl (C=O) groups excluding carboxylic acids is 2. The molecule has 0 atom stereocenters. The maximum absolute atomic E-state index is 12.8. The number of benzene rings is 3. The van der Waals surface area contributed by atoms with Gasteiger partial charge >= 0.3 is 0 Å². The molecule has 0 saturated heterocycles. The predicted molar refractivity (Wildman–Crippen MR) is 129 cm³/mol. The Morgan fingerprint density at radius 1 is 0.938 bits per heavy atom. The van der Waals surface area contributed by atoms with Crippen LogP contribution in [0.4, 0.5) is 5.13 Å². The molecule has 0 unspecified atom stereocenters. The van der Waals surface area contributed by atoms with Crippen LogP contribution in [0.1, 0.15) is 37.4 Å². The minimum Gasteiger partial charge on any atom is -0.296 e. The summed E-state index contributed by atoms with van der Waals surface area (Å²) < 4.78 is 0.645. The summed E-state index contributed by atoms with van der Waals surface area (Å²) in [6.07, 6.45) is 0.861. The van der Waals surface area contributed by atoms with Crippen molar-refractivity contribution in [2.24, 2.45) is 0 Å². The summed E-state index contributed by atoms with van der Waals surface area (Å²) in [6.45, 7) is 1.94. The largest absolute Gasteiger partial charge is 0.296 e. The van der Waals surface area contributed by atoms with Gasteiger partial charge in [-0.25, -0.2) is 0 Å². The molecule has 1 aromatic heterocycles. The molecule has 4 aromatic rings. The fourth-order valence-electron chi connectivity index (χ4n) is 3.80. The highest BCUT2D eigenvalue weighted by Crippen LogP contribution is 2.37. The van der Waals surface area contributed by atoms with Crippen molar-refractivity contribution in [3.8, 4) is 11.1 Å². The Hall–Kier alpha value is -3.29. The number of nitrogens with zero attached hydrogens (tertiary/aromatic N) is 2. The van der Waals surface area contributed by atoms with Gasteiger partial charge in [-0.2, -0.15) is 0 Å². The fraction of sp³-hybridized carbons (Fsp3) is 0.120. The topological polar surface area (TPSA) is 72.0 Å². The number of ketones is 1. The zero-order valence-corrected chi connectivity index (χ0v) is 18.9. The van der Waals surface area contributed by atoms with Crippen LogP contribution in [0, 0.1) is 6.92 Å². The highest BCUT2D eigenvalue weighted by molar-refractivity contribution is 8.01. The molecular weight excluding hydrogens is 438 g/mol.